The zero-order valence-corrected chi connectivity index (χ0v) is 11.5. The number of aliphatic hydroxyl groups is 1. The van der Waals surface area contributed by atoms with E-state index in [9.17, 15) is 9.90 Å². The van der Waals surface area contributed by atoms with Gasteiger partial charge in [-0.25, -0.2) is 0 Å². The quantitative estimate of drug-likeness (QED) is 0.872. The number of hydrogen-bond donors (Lipinski definition) is 2. The topological polar surface area (TPSA) is 58.6 Å². The molecule has 2 rings (SSSR count). The van der Waals surface area contributed by atoms with Crippen LogP contribution < -0.4 is 5.32 Å². The van der Waals surface area contributed by atoms with Crippen molar-refractivity contribution in [3.05, 3.63) is 34.9 Å². The van der Waals surface area contributed by atoms with Crippen LogP contribution in [-0.2, 0) is 16.0 Å². The van der Waals surface area contributed by atoms with E-state index in [1.165, 1.54) is 12.5 Å². The Bertz CT molecular complexity index is 459. The predicted octanol–water partition coefficient (Wildman–Crippen LogP) is 1.88. The van der Waals surface area contributed by atoms with Crippen LogP contribution in [0.25, 0.3) is 0 Å². The number of fused-ring (bicyclic) bond motifs is 1. The molecule has 4 nitrogen and oxygen atoms in total. The van der Waals surface area contributed by atoms with E-state index in [0.717, 1.165) is 30.4 Å². The van der Waals surface area contributed by atoms with Gasteiger partial charge in [0.15, 0.2) is 0 Å². The van der Waals surface area contributed by atoms with Crippen molar-refractivity contribution >= 4 is 5.91 Å². The average molecular weight is 263 g/mol. The SMILES string of the molecule is COCC(O)c1ccc2c(c1)C(NC(C)=O)CCC2. The number of ether oxygens (including phenoxy) is 1. The van der Waals surface area contributed by atoms with E-state index < -0.39 is 6.10 Å². The van der Waals surface area contributed by atoms with Gasteiger partial charge in [-0.15, -0.1) is 0 Å². The molecule has 1 amide bonds. The number of carbonyl (C=O) groups is 1. The number of nitrogens with one attached hydrogen (secondary N) is 1. The van der Waals surface area contributed by atoms with Gasteiger partial charge in [0, 0.05) is 14.0 Å². The molecule has 2 unspecified atom stereocenters. The van der Waals surface area contributed by atoms with Gasteiger partial charge in [0.2, 0.25) is 5.91 Å². The molecule has 0 aliphatic heterocycles. The molecule has 2 atom stereocenters. The molecule has 19 heavy (non-hydrogen) atoms. The van der Waals surface area contributed by atoms with Crippen LogP contribution in [-0.4, -0.2) is 24.7 Å². The van der Waals surface area contributed by atoms with E-state index in [1.54, 1.807) is 7.11 Å². The maximum absolute atomic E-state index is 11.3. The Morgan fingerprint density at radius 3 is 3.05 bits per heavy atom. The lowest BCUT2D eigenvalue weighted by atomic mass is 9.86. The third-order valence-electron chi connectivity index (χ3n) is 3.57. The van der Waals surface area contributed by atoms with E-state index in [-0.39, 0.29) is 18.6 Å². The van der Waals surface area contributed by atoms with Crippen molar-refractivity contribution < 1.29 is 14.6 Å². The first-order valence-corrected chi connectivity index (χ1v) is 6.68. The van der Waals surface area contributed by atoms with E-state index in [1.807, 2.05) is 12.1 Å². The second-order valence-corrected chi connectivity index (χ2v) is 5.07. The minimum absolute atomic E-state index is 0.0132. The van der Waals surface area contributed by atoms with Gasteiger partial charge in [0.25, 0.3) is 0 Å². The number of aryl methyl sites for hydroxylation is 1. The van der Waals surface area contributed by atoms with Crippen molar-refractivity contribution in [2.45, 2.75) is 38.3 Å². The summed E-state index contributed by atoms with van der Waals surface area (Å²) in [5.41, 5.74) is 3.24. The molecule has 0 heterocycles. The fraction of sp³-hybridized carbons (Fsp3) is 0.533. The Kier molecular flexibility index (Phi) is 4.56. The molecular formula is C15H21NO3. The number of rotatable bonds is 4. The first kappa shape index (κ1) is 14.0. The minimum atomic E-state index is -0.616. The molecule has 1 aromatic rings. The fourth-order valence-electron chi connectivity index (χ4n) is 2.67. The molecule has 0 saturated carbocycles. The lowest BCUT2D eigenvalue weighted by molar-refractivity contribution is -0.119. The minimum Gasteiger partial charge on any atom is -0.386 e. The van der Waals surface area contributed by atoms with Crippen LogP contribution in [0.3, 0.4) is 0 Å². The van der Waals surface area contributed by atoms with E-state index in [0.29, 0.717) is 0 Å². The van der Waals surface area contributed by atoms with E-state index in [4.69, 9.17) is 4.74 Å². The summed E-state index contributed by atoms with van der Waals surface area (Å²) < 4.78 is 4.97. The molecule has 1 aromatic carbocycles. The van der Waals surface area contributed by atoms with Crippen molar-refractivity contribution in [3.8, 4) is 0 Å². The number of hydrogen-bond acceptors (Lipinski definition) is 3. The van der Waals surface area contributed by atoms with Crippen molar-refractivity contribution in [2.24, 2.45) is 0 Å². The zero-order chi connectivity index (χ0) is 13.8. The Morgan fingerprint density at radius 2 is 2.37 bits per heavy atom. The van der Waals surface area contributed by atoms with Gasteiger partial charge in [0.1, 0.15) is 6.10 Å². The molecular weight excluding hydrogens is 242 g/mol. The molecule has 0 bridgehead atoms. The molecule has 0 aromatic heterocycles. The van der Waals surface area contributed by atoms with Crippen LogP contribution in [0.5, 0.6) is 0 Å². The van der Waals surface area contributed by atoms with Crippen LogP contribution in [0.15, 0.2) is 18.2 Å². The Morgan fingerprint density at radius 1 is 1.58 bits per heavy atom. The van der Waals surface area contributed by atoms with Crippen LogP contribution >= 0.6 is 0 Å². The Labute approximate surface area is 113 Å². The first-order chi connectivity index (χ1) is 9.11. The molecule has 0 radical (unpaired) electrons. The average Bonchev–Trinajstić information content (AvgIpc) is 2.38. The van der Waals surface area contributed by atoms with Crippen LogP contribution in [0.1, 0.15) is 48.6 Å². The summed E-state index contributed by atoms with van der Waals surface area (Å²) in [5.74, 6) is -0.0132. The standard InChI is InChI=1S/C15H21NO3/c1-10(17)16-14-5-3-4-11-6-7-12(8-13(11)14)15(18)9-19-2/h6-8,14-15,18H,3-5,9H2,1-2H3,(H,16,17). The number of methoxy groups -OCH3 is 1. The summed E-state index contributed by atoms with van der Waals surface area (Å²) in [4.78, 5) is 11.3. The van der Waals surface area contributed by atoms with Crippen molar-refractivity contribution in [3.63, 3.8) is 0 Å². The molecule has 0 saturated heterocycles. The summed E-state index contributed by atoms with van der Waals surface area (Å²) in [5, 5.41) is 13.0. The molecule has 1 aliphatic rings. The van der Waals surface area contributed by atoms with Crippen molar-refractivity contribution in [1.29, 1.82) is 0 Å². The third kappa shape index (κ3) is 3.33. The van der Waals surface area contributed by atoms with Crippen LogP contribution in [0, 0.1) is 0 Å². The summed E-state index contributed by atoms with van der Waals surface area (Å²) >= 11 is 0. The second-order valence-electron chi connectivity index (χ2n) is 5.07. The maximum Gasteiger partial charge on any atom is 0.217 e. The molecule has 2 N–H and O–H groups in total. The summed E-state index contributed by atoms with van der Waals surface area (Å²) in [6.45, 7) is 1.82. The summed E-state index contributed by atoms with van der Waals surface area (Å²) in [6, 6.07) is 6.06. The van der Waals surface area contributed by atoms with Gasteiger partial charge in [-0.05, 0) is 36.0 Å². The molecule has 104 valence electrons. The van der Waals surface area contributed by atoms with E-state index >= 15 is 0 Å². The molecule has 4 heteroatoms. The second kappa shape index (κ2) is 6.17. The largest absolute Gasteiger partial charge is 0.386 e. The molecule has 1 aliphatic carbocycles. The summed E-state index contributed by atoms with van der Waals surface area (Å²) in [7, 11) is 1.57. The van der Waals surface area contributed by atoms with E-state index in [2.05, 4.69) is 11.4 Å². The highest BCUT2D eigenvalue weighted by molar-refractivity contribution is 5.73. The monoisotopic (exact) mass is 263 g/mol. The highest BCUT2D eigenvalue weighted by Gasteiger charge is 2.22. The van der Waals surface area contributed by atoms with Crippen LogP contribution in [0.2, 0.25) is 0 Å². The number of aliphatic hydroxyl groups excluding tert-OH is 1. The third-order valence-corrected chi connectivity index (χ3v) is 3.57. The maximum atomic E-state index is 11.3. The predicted molar refractivity (Wildman–Crippen MR) is 72.8 cm³/mol. The summed E-state index contributed by atoms with van der Waals surface area (Å²) in [6.07, 6.45) is 2.45. The first-order valence-electron chi connectivity index (χ1n) is 6.68. The Balaban J connectivity index is 2.27. The molecule has 0 fully saturated rings. The highest BCUT2D eigenvalue weighted by atomic mass is 16.5. The van der Waals surface area contributed by atoms with Gasteiger partial charge in [-0.2, -0.15) is 0 Å². The van der Waals surface area contributed by atoms with Gasteiger partial charge in [-0.3, -0.25) is 4.79 Å². The van der Waals surface area contributed by atoms with Gasteiger partial charge in [-0.1, -0.05) is 18.2 Å². The normalized spacial score (nSPS) is 19.6. The lowest BCUT2D eigenvalue weighted by Crippen LogP contribution is -2.29. The lowest BCUT2D eigenvalue weighted by Gasteiger charge is -2.27. The van der Waals surface area contributed by atoms with Gasteiger partial charge >= 0.3 is 0 Å². The number of benzene rings is 1. The van der Waals surface area contributed by atoms with Crippen molar-refractivity contribution in [2.75, 3.05) is 13.7 Å². The van der Waals surface area contributed by atoms with Crippen LogP contribution in [0.4, 0.5) is 0 Å². The highest BCUT2D eigenvalue weighted by Crippen LogP contribution is 2.31. The molecule has 0 spiro atoms. The number of amides is 1. The van der Waals surface area contributed by atoms with Crippen molar-refractivity contribution in [1.82, 2.24) is 5.32 Å². The zero-order valence-electron chi connectivity index (χ0n) is 11.5. The fourth-order valence-corrected chi connectivity index (χ4v) is 2.67. The smallest absolute Gasteiger partial charge is 0.217 e. The van der Waals surface area contributed by atoms with Gasteiger partial charge < -0.3 is 15.2 Å². The van der Waals surface area contributed by atoms with Gasteiger partial charge in [0.05, 0.1) is 12.6 Å². The Hall–Kier alpha value is -1.39. The number of carbonyl (C=O) groups excluding carboxylic acids is 1.